The van der Waals surface area contributed by atoms with Gasteiger partial charge < -0.3 is 4.98 Å². The van der Waals surface area contributed by atoms with Gasteiger partial charge in [0, 0.05) is 6.20 Å². The van der Waals surface area contributed by atoms with E-state index in [0.29, 0.717) is 12.1 Å². The van der Waals surface area contributed by atoms with Gasteiger partial charge in [-0.1, -0.05) is 13.3 Å². The van der Waals surface area contributed by atoms with Gasteiger partial charge in [-0.05, 0) is 6.42 Å². The highest BCUT2D eigenvalue weighted by Crippen LogP contribution is 2.23. The van der Waals surface area contributed by atoms with Gasteiger partial charge >= 0.3 is 0 Å². The van der Waals surface area contributed by atoms with Crippen LogP contribution in [0.5, 0.6) is 0 Å². The van der Waals surface area contributed by atoms with Crippen LogP contribution in [0.1, 0.15) is 23.8 Å². The van der Waals surface area contributed by atoms with Crippen LogP contribution < -0.4 is 0 Å². The molecule has 1 aromatic heterocycles. The van der Waals surface area contributed by atoms with Gasteiger partial charge in [-0.15, -0.1) is 0 Å². The second-order valence-corrected chi connectivity index (χ2v) is 4.25. The highest BCUT2D eigenvalue weighted by Gasteiger charge is 2.24. The third-order valence-corrected chi connectivity index (χ3v) is 2.90. The lowest BCUT2D eigenvalue weighted by Crippen LogP contribution is -2.12. The van der Waals surface area contributed by atoms with E-state index in [0.717, 1.165) is 0 Å². The van der Waals surface area contributed by atoms with Crippen molar-refractivity contribution in [3.8, 4) is 0 Å². The molecule has 1 radical (unpaired) electrons. The zero-order valence-electron chi connectivity index (χ0n) is 6.97. The number of hydrogen-bond donors (Lipinski definition) is 2. The molecule has 0 aromatic carbocycles. The van der Waals surface area contributed by atoms with Crippen LogP contribution in [-0.2, 0) is 10.1 Å². The Morgan fingerprint density at radius 1 is 1.69 bits per heavy atom. The Balaban J connectivity index is 2.94. The Kier molecular flexibility index (Phi) is 3.05. The first-order valence-electron chi connectivity index (χ1n) is 3.79. The minimum atomic E-state index is -4.06. The van der Waals surface area contributed by atoms with E-state index < -0.39 is 15.4 Å². The molecule has 1 heterocycles. The summed E-state index contributed by atoms with van der Waals surface area (Å²) >= 11 is 0. The van der Waals surface area contributed by atoms with Crippen LogP contribution in [0.25, 0.3) is 0 Å². The summed E-state index contributed by atoms with van der Waals surface area (Å²) in [6, 6.07) is 0. The molecule has 0 aliphatic heterocycles. The van der Waals surface area contributed by atoms with E-state index >= 15 is 0 Å². The van der Waals surface area contributed by atoms with E-state index in [4.69, 9.17) is 4.55 Å². The van der Waals surface area contributed by atoms with Crippen molar-refractivity contribution < 1.29 is 13.0 Å². The molecule has 0 bridgehead atoms. The lowest BCUT2D eigenvalue weighted by molar-refractivity contribution is 0.463. The summed E-state index contributed by atoms with van der Waals surface area (Å²) < 4.78 is 30.7. The van der Waals surface area contributed by atoms with Crippen molar-refractivity contribution in [2.24, 2.45) is 0 Å². The lowest BCUT2D eigenvalue weighted by atomic mass is 10.2. The summed E-state index contributed by atoms with van der Waals surface area (Å²) in [4.78, 5) is 6.34. The first-order chi connectivity index (χ1) is 6.05. The fraction of sp³-hybridized carbons (Fsp3) is 0.429. The topological polar surface area (TPSA) is 83.0 Å². The minimum Gasteiger partial charge on any atom is -0.347 e. The number of hydrogen-bond acceptors (Lipinski definition) is 3. The van der Waals surface area contributed by atoms with Gasteiger partial charge in [0.25, 0.3) is 10.1 Å². The van der Waals surface area contributed by atoms with Crippen molar-refractivity contribution in [3.05, 3.63) is 25.1 Å². The van der Waals surface area contributed by atoms with E-state index in [1.165, 1.54) is 12.5 Å². The van der Waals surface area contributed by atoms with Gasteiger partial charge in [-0.3, -0.25) is 4.55 Å². The highest BCUT2D eigenvalue weighted by atomic mass is 32.2. The molecule has 0 fully saturated rings. The Hall–Kier alpha value is -0.880. The van der Waals surface area contributed by atoms with Crippen molar-refractivity contribution in [2.45, 2.75) is 18.1 Å². The van der Waals surface area contributed by atoms with Gasteiger partial charge in [0.05, 0.1) is 12.0 Å². The van der Waals surface area contributed by atoms with E-state index in [9.17, 15) is 8.42 Å². The fourth-order valence-corrected chi connectivity index (χ4v) is 2.01. The van der Waals surface area contributed by atoms with Gasteiger partial charge in [-0.2, -0.15) is 8.42 Å². The fourth-order valence-electron chi connectivity index (χ4n) is 1.09. The SMILES string of the molecule is [CH2]CCC(c1cnc[nH]1)S(=O)(=O)O. The van der Waals surface area contributed by atoms with Crippen LogP contribution in [-0.4, -0.2) is 22.9 Å². The van der Waals surface area contributed by atoms with E-state index in [2.05, 4.69) is 16.9 Å². The zero-order chi connectivity index (χ0) is 9.90. The molecule has 1 rings (SSSR count). The summed E-state index contributed by atoms with van der Waals surface area (Å²) in [5.41, 5.74) is 0.395. The largest absolute Gasteiger partial charge is 0.347 e. The van der Waals surface area contributed by atoms with Gasteiger partial charge in [0.15, 0.2) is 0 Å². The zero-order valence-corrected chi connectivity index (χ0v) is 7.79. The molecule has 1 aromatic rings. The molecule has 0 aliphatic rings. The number of imidazole rings is 1. The normalized spacial score (nSPS) is 14.3. The highest BCUT2D eigenvalue weighted by molar-refractivity contribution is 7.86. The molecule has 5 nitrogen and oxygen atoms in total. The van der Waals surface area contributed by atoms with Crippen LogP contribution >= 0.6 is 0 Å². The van der Waals surface area contributed by atoms with E-state index in [1.807, 2.05) is 0 Å². The molecule has 1 atom stereocenters. The first kappa shape index (κ1) is 10.2. The summed E-state index contributed by atoms with van der Waals surface area (Å²) in [7, 11) is -4.06. The minimum absolute atomic E-state index is 0.279. The summed E-state index contributed by atoms with van der Waals surface area (Å²) in [6.07, 6.45) is 3.47. The third kappa shape index (κ3) is 2.53. The lowest BCUT2D eigenvalue weighted by Gasteiger charge is -2.09. The molecule has 1 unspecified atom stereocenters. The van der Waals surface area contributed by atoms with E-state index in [1.54, 1.807) is 0 Å². The number of nitrogens with zero attached hydrogens (tertiary/aromatic N) is 1. The third-order valence-electron chi connectivity index (χ3n) is 1.69. The Bertz CT molecular complexity index is 344. The average Bonchev–Trinajstić information content (AvgIpc) is 2.49. The van der Waals surface area contributed by atoms with Crippen molar-refractivity contribution in [1.82, 2.24) is 9.97 Å². The van der Waals surface area contributed by atoms with Crippen molar-refractivity contribution in [1.29, 1.82) is 0 Å². The van der Waals surface area contributed by atoms with Gasteiger partial charge in [0.2, 0.25) is 0 Å². The monoisotopic (exact) mass is 203 g/mol. The molecule has 0 saturated heterocycles. The van der Waals surface area contributed by atoms with E-state index in [-0.39, 0.29) is 6.42 Å². The molecule has 0 aliphatic carbocycles. The molecular formula is C7H11N2O3S. The standard InChI is InChI=1S/C7H11N2O3S/c1-2-3-7(13(10,11)12)6-4-8-5-9-6/h4-5,7H,1-3H2,(H,8,9)(H,10,11,12). The van der Waals surface area contributed by atoms with Crippen molar-refractivity contribution in [2.75, 3.05) is 0 Å². The maximum atomic E-state index is 10.9. The number of H-pyrrole nitrogens is 1. The summed E-state index contributed by atoms with van der Waals surface area (Å²) in [5, 5.41) is -0.938. The molecule has 0 spiro atoms. The number of aromatic nitrogens is 2. The molecule has 0 saturated carbocycles. The second-order valence-electron chi connectivity index (χ2n) is 2.65. The molecule has 6 heteroatoms. The molecule has 2 N–H and O–H groups in total. The van der Waals surface area contributed by atoms with Crippen molar-refractivity contribution >= 4 is 10.1 Å². The number of aromatic amines is 1. The van der Waals surface area contributed by atoms with Crippen LogP contribution in [0.2, 0.25) is 0 Å². The smallest absolute Gasteiger partial charge is 0.273 e. The summed E-state index contributed by atoms with van der Waals surface area (Å²) in [5.74, 6) is 0. The number of rotatable bonds is 4. The van der Waals surface area contributed by atoms with Crippen molar-refractivity contribution in [3.63, 3.8) is 0 Å². The van der Waals surface area contributed by atoms with Crippen LogP contribution in [0, 0.1) is 6.92 Å². The second kappa shape index (κ2) is 3.89. The quantitative estimate of drug-likeness (QED) is 0.714. The number of nitrogens with one attached hydrogen (secondary N) is 1. The van der Waals surface area contributed by atoms with Crippen LogP contribution in [0.3, 0.4) is 0 Å². The molecule has 13 heavy (non-hydrogen) atoms. The Morgan fingerprint density at radius 2 is 2.38 bits per heavy atom. The predicted molar refractivity (Wildman–Crippen MR) is 47.5 cm³/mol. The summed E-state index contributed by atoms with van der Waals surface area (Å²) in [6.45, 7) is 3.54. The average molecular weight is 203 g/mol. The van der Waals surface area contributed by atoms with Crippen LogP contribution in [0.15, 0.2) is 12.5 Å². The van der Waals surface area contributed by atoms with Gasteiger partial charge in [-0.25, -0.2) is 4.98 Å². The van der Waals surface area contributed by atoms with Crippen LogP contribution in [0.4, 0.5) is 0 Å². The Morgan fingerprint density at radius 3 is 2.77 bits per heavy atom. The maximum Gasteiger partial charge on any atom is 0.273 e. The molecule has 0 amide bonds. The first-order valence-corrected chi connectivity index (χ1v) is 5.30. The molecule has 73 valence electrons. The maximum absolute atomic E-state index is 10.9. The Labute approximate surface area is 76.9 Å². The molecular weight excluding hydrogens is 192 g/mol. The van der Waals surface area contributed by atoms with Gasteiger partial charge in [0.1, 0.15) is 5.25 Å². The predicted octanol–water partition coefficient (Wildman–Crippen LogP) is 0.953.